The van der Waals surface area contributed by atoms with E-state index < -0.39 is 0 Å². The molecule has 3 rings (SSSR count). The van der Waals surface area contributed by atoms with Gasteiger partial charge in [0.15, 0.2) is 0 Å². The van der Waals surface area contributed by atoms with E-state index in [4.69, 9.17) is 5.73 Å². The maximum absolute atomic E-state index is 13.2. The molecule has 0 spiro atoms. The predicted molar refractivity (Wildman–Crippen MR) is 117 cm³/mol. The Morgan fingerprint density at radius 2 is 1.76 bits per heavy atom. The van der Waals surface area contributed by atoms with Crippen LogP contribution >= 0.6 is 0 Å². The smallest absolute Gasteiger partial charge is 0.241 e. The van der Waals surface area contributed by atoms with E-state index in [1.165, 1.54) is 6.92 Å². The number of nitrogens with two attached hydrogens (primary N) is 1. The number of nitrogens with zero attached hydrogens (tertiary/aromatic N) is 3. The first-order valence-electron chi connectivity index (χ1n) is 9.84. The molecule has 1 aliphatic rings. The van der Waals surface area contributed by atoms with Gasteiger partial charge in [-0.05, 0) is 42.9 Å². The zero-order valence-corrected chi connectivity index (χ0v) is 17.1. The van der Waals surface area contributed by atoms with Crippen molar-refractivity contribution in [2.45, 2.75) is 13.5 Å². The quantitative estimate of drug-likeness (QED) is 0.731. The van der Waals surface area contributed by atoms with E-state index in [1.807, 2.05) is 48.5 Å². The van der Waals surface area contributed by atoms with Crippen molar-refractivity contribution in [1.29, 1.82) is 0 Å². The summed E-state index contributed by atoms with van der Waals surface area (Å²) < 4.78 is 0. The van der Waals surface area contributed by atoms with Crippen molar-refractivity contribution in [2.24, 2.45) is 0 Å². The highest BCUT2D eigenvalue weighted by atomic mass is 16.2. The van der Waals surface area contributed by atoms with Crippen LogP contribution in [0.15, 0.2) is 48.5 Å². The highest BCUT2D eigenvalue weighted by Gasteiger charge is 2.22. The van der Waals surface area contributed by atoms with Crippen molar-refractivity contribution in [2.75, 3.05) is 55.7 Å². The molecule has 1 heterocycles. The van der Waals surface area contributed by atoms with Crippen LogP contribution in [0.5, 0.6) is 0 Å². The number of nitrogens with one attached hydrogen (secondary N) is 1. The van der Waals surface area contributed by atoms with Crippen LogP contribution in [0.3, 0.4) is 0 Å². The van der Waals surface area contributed by atoms with E-state index >= 15 is 0 Å². The Labute approximate surface area is 172 Å². The lowest BCUT2D eigenvalue weighted by atomic mass is 10.1. The van der Waals surface area contributed by atoms with Crippen molar-refractivity contribution in [3.8, 4) is 0 Å². The minimum Gasteiger partial charge on any atom is -0.399 e. The number of carbonyl (C=O) groups is 2. The van der Waals surface area contributed by atoms with E-state index in [-0.39, 0.29) is 11.8 Å². The second-order valence-electron chi connectivity index (χ2n) is 7.53. The van der Waals surface area contributed by atoms with Gasteiger partial charge in [0, 0.05) is 50.2 Å². The van der Waals surface area contributed by atoms with Gasteiger partial charge in [-0.3, -0.25) is 14.5 Å². The minimum atomic E-state index is -0.110. The van der Waals surface area contributed by atoms with Gasteiger partial charge in [0.1, 0.15) is 0 Å². The summed E-state index contributed by atoms with van der Waals surface area (Å²) in [5, 5.41) is 2.76. The molecule has 1 saturated heterocycles. The Kier molecular flexibility index (Phi) is 6.85. The molecule has 0 aliphatic carbocycles. The average Bonchev–Trinajstić information content (AvgIpc) is 2.68. The summed E-state index contributed by atoms with van der Waals surface area (Å²) >= 11 is 0. The van der Waals surface area contributed by atoms with Crippen LogP contribution in [0.2, 0.25) is 0 Å². The number of hydrogen-bond acceptors (Lipinski definition) is 5. The molecule has 1 aliphatic heterocycles. The standard InChI is InChI=1S/C22H29N5O2/c1-17(28)24-20-8-6-18(7-9-20)15-27(21-5-3-4-19(23)14-21)22(29)16-26-12-10-25(2)11-13-26/h3-9,14H,10-13,15-16,23H2,1-2H3,(H,24,28). The Morgan fingerprint density at radius 3 is 2.38 bits per heavy atom. The molecule has 2 aromatic carbocycles. The van der Waals surface area contributed by atoms with Crippen molar-refractivity contribution >= 4 is 28.9 Å². The van der Waals surface area contributed by atoms with E-state index in [0.29, 0.717) is 18.8 Å². The van der Waals surface area contributed by atoms with E-state index in [9.17, 15) is 9.59 Å². The molecule has 1 fully saturated rings. The molecule has 7 nitrogen and oxygen atoms in total. The molecule has 2 amide bonds. The molecule has 29 heavy (non-hydrogen) atoms. The van der Waals surface area contributed by atoms with Crippen molar-refractivity contribution < 1.29 is 9.59 Å². The lowest BCUT2D eigenvalue weighted by Crippen LogP contribution is -2.48. The van der Waals surface area contributed by atoms with Crippen LogP contribution in [0.4, 0.5) is 17.1 Å². The summed E-state index contributed by atoms with van der Waals surface area (Å²) in [5.41, 5.74) is 9.09. The monoisotopic (exact) mass is 395 g/mol. The Hall–Kier alpha value is -2.90. The summed E-state index contributed by atoms with van der Waals surface area (Å²) in [6.07, 6.45) is 0. The molecule has 7 heteroatoms. The first kappa shape index (κ1) is 20.8. The molecule has 2 aromatic rings. The summed E-state index contributed by atoms with van der Waals surface area (Å²) in [6.45, 7) is 6.01. The number of benzene rings is 2. The normalized spacial score (nSPS) is 15.1. The molecule has 154 valence electrons. The van der Waals surface area contributed by atoms with Crippen molar-refractivity contribution in [1.82, 2.24) is 9.80 Å². The van der Waals surface area contributed by atoms with E-state index in [1.54, 1.807) is 4.90 Å². The van der Waals surface area contributed by atoms with Gasteiger partial charge >= 0.3 is 0 Å². The SMILES string of the molecule is CC(=O)Nc1ccc(CN(C(=O)CN2CCN(C)CC2)c2cccc(N)c2)cc1. The van der Waals surface area contributed by atoms with Crippen LogP contribution in [-0.4, -0.2) is 61.4 Å². The number of likely N-dealkylation sites (N-methyl/N-ethyl adjacent to an activating group) is 1. The third-order valence-corrected chi connectivity index (χ3v) is 5.05. The highest BCUT2D eigenvalue weighted by Crippen LogP contribution is 2.21. The minimum absolute atomic E-state index is 0.0473. The summed E-state index contributed by atoms with van der Waals surface area (Å²) in [4.78, 5) is 30.6. The fourth-order valence-corrected chi connectivity index (χ4v) is 3.38. The predicted octanol–water partition coefficient (Wildman–Crippen LogP) is 2.01. The van der Waals surface area contributed by atoms with Gasteiger partial charge in [0.25, 0.3) is 0 Å². The average molecular weight is 396 g/mol. The Bertz CT molecular complexity index is 845. The van der Waals surface area contributed by atoms with Gasteiger partial charge < -0.3 is 20.9 Å². The van der Waals surface area contributed by atoms with Crippen molar-refractivity contribution in [3.63, 3.8) is 0 Å². The van der Waals surface area contributed by atoms with Crippen LogP contribution in [0.1, 0.15) is 12.5 Å². The number of carbonyl (C=O) groups excluding carboxylic acids is 2. The second-order valence-corrected chi connectivity index (χ2v) is 7.53. The first-order valence-corrected chi connectivity index (χ1v) is 9.84. The molecule has 0 atom stereocenters. The van der Waals surface area contributed by atoms with Gasteiger partial charge in [-0.25, -0.2) is 0 Å². The van der Waals surface area contributed by atoms with Gasteiger partial charge in [-0.15, -0.1) is 0 Å². The topological polar surface area (TPSA) is 81.9 Å². The third-order valence-electron chi connectivity index (χ3n) is 5.05. The fraction of sp³-hybridized carbons (Fsp3) is 0.364. The first-order chi connectivity index (χ1) is 13.9. The van der Waals surface area contributed by atoms with Gasteiger partial charge in [0.2, 0.25) is 11.8 Å². The highest BCUT2D eigenvalue weighted by molar-refractivity contribution is 5.95. The summed E-state index contributed by atoms with van der Waals surface area (Å²) in [7, 11) is 2.10. The molecule has 0 bridgehead atoms. The van der Waals surface area contributed by atoms with Crippen LogP contribution in [0, 0.1) is 0 Å². The number of hydrogen-bond donors (Lipinski definition) is 2. The zero-order chi connectivity index (χ0) is 20.8. The van der Waals surface area contributed by atoms with Crippen LogP contribution in [0.25, 0.3) is 0 Å². The van der Waals surface area contributed by atoms with Gasteiger partial charge in [0.05, 0.1) is 13.1 Å². The molecule has 0 aromatic heterocycles. The molecular weight excluding hydrogens is 366 g/mol. The van der Waals surface area contributed by atoms with Crippen LogP contribution in [-0.2, 0) is 16.1 Å². The molecular formula is C22H29N5O2. The number of piperazine rings is 1. The second kappa shape index (κ2) is 9.54. The molecule has 3 N–H and O–H groups in total. The molecule has 0 radical (unpaired) electrons. The van der Waals surface area contributed by atoms with Gasteiger partial charge in [-0.1, -0.05) is 18.2 Å². The van der Waals surface area contributed by atoms with E-state index in [0.717, 1.165) is 43.1 Å². The Balaban J connectivity index is 1.76. The number of amides is 2. The maximum atomic E-state index is 13.2. The largest absolute Gasteiger partial charge is 0.399 e. The number of nitrogen functional groups attached to an aromatic ring is 1. The molecule has 0 unspecified atom stereocenters. The zero-order valence-electron chi connectivity index (χ0n) is 17.1. The molecule has 0 saturated carbocycles. The van der Waals surface area contributed by atoms with Crippen LogP contribution < -0.4 is 16.0 Å². The Morgan fingerprint density at radius 1 is 1.07 bits per heavy atom. The fourth-order valence-electron chi connectivity index (χ4n) is 3.38. The summed E-state index contributed by atoms with van der Waals surface area (Å²) in [5.74, 6) is -0.0624. The maximum Gasteiger partial charge on any atom is 0.241 e. The summed E-state index contributed by atoms with van der Waals surface area (Å²) in [6, 6.07) is 15.0. The lowest BCUT2D eigenvalue weighted by Gasteiger charge is -2.33. The lowest BCUT2D eigenvalue weighted by molar-refractivity contribution is -0.120. The number of anilines is 3. The van der Waals surface area contributed by atoms with Gasteiger partial charge in [-0.2, -0.15) is 0 Å². The van der Waals surface area contributed by atoms with E-state index in [2.05, 4.69) is 22.2 Å². The van der Waals surface area contributed by atoms with Crippen molar-refractivity contribution in [3.05, 3.63) is 54.1 Å². The number of rotatable bonds is 6. The third kappa shape index (κ3) is 6.04.